The van der Waals surface area contributed by atoms with Gasteiger partial charge in [0.05, 0.1) is 12.9 Å². The third-order valence-corrected chi connectivity index (χ3v) is 4.52. The summed E-state index contributed by atoms with van der Waals surface area (Å²) in [5.74, 6) is -1.19. The van der Waals surface area contributed by atoms with Crippen LogP contribution in [-0.2, 0) is 25.4 Å². The Hall–Kier alpha value is -2.59. The van der Waals surface area contributed by atoms with Gasteiger partial charge in [-0.05, 0) is 44.0 Å². The van der Waals surface area contributed by atoms with Crippen molar-refractivity contribution in [3.63, 3.8) is 0 Å². The Bertz CT molecular complexity index is 758. The molecular weight excluding hydrogens is 384 g/mol. The number of rotatable bonds is 7. The summed E-state index contributed by atoms with van der Waals surface area (Å²) in [7, 11) is 0. The van der Waals surface area contributed by atoms with E-state index in [1.165, 1.54) is 31.4 Å². The zero-order valence-corrected chi connectivity index (χ0v) is 16.1. The molecule has 1 heterocycles. The van der Waals surface area contributed by atoms with Crippen molar-refractivity contribution in [2.24, 2.45) is 0 Å². The summed E-state index contributed by atoms with van der Waals surface area (Å²) in [6.07, 6.45) is -1.99. The highest BCUT2D eigenvalue weighted by Gasteiger charge is 2.47. The number of benzene rings is 1. The fourth-order valence-corrected chi connectivity index (χ4v) is 2.65. The lowest BCUT2D eigenvalue weighted by Gasteiger charge is -2.40. The van der Waals surface area contributed by atoms with E-state index in [2.05, 4.69) is 0 Å². The number of aliphatic hydroxyl groups excluding tert-OH is 3. The monoisotopic (exact) mass is 410 g/mol. The fraction of sp³-hybridized carbons (Fsp3) is 0.450. The largest absolute Gasteiger partial charge is 0.504 e. The molecule has 0 aliphatic carbocycles. The van der Waals surface area contributed by atoms with E-state index in [1.807, 2.05) is 0 Å². The molecule has 2 rings (SSSR count). The van der Waals surface area contributed by atoms with Crippen molar-refractivity contribution >= 4 is 5.97 Å². The minimum atomic E-state index is -1.50. The molecule has 29 heavy (non-hydrogen) atoms. The molecule has 1 saturated heterocycles. The summed E-state index contributed by atoms with van der Waals surface area (Å²) in [4.78, 5) is 12.0. The van der Waals surface area contributed by atoms with Crippen LogP contribution >= 0.6 is 0 Å². The summed E-state index contributed by atoms with van der Waals surface area (Å²) < 4.78 is 15.9. The molecule has 5 atom stereocenters. The van der Waals surface area contributed by atoms with Crippen LogP contribution in [0.2, 0.25) is 0 Å². The average Bonchev–Trinajstić information content (AvgIpc) is 2.71. The maximum atomic E-state index is 12.0. The number of carbonyl (C=O) groups excluding carboxylic acids is 1. The maximum Gasteiger partial charge on any atom is 0.333 e. The van der Waals surface area contributed by atoms with Crippen LogP contribution in [0.5, 0.6) is 11.5 Å². The number of hydrogen-bond acceptors (Lipinski definition) is 9. The van der Waals surface area contributed by atoms with Crippen molar-refractivity contribution in [1.29, 1.82) is 0 Å². The lowest BCUT2D eigenvalue weighted by atomic mass is 9.99. The molecule has 1 aromatic carbocycles. The lowest BCUT2D eigenvalue weighted by molar-refractivity contribution is -0.290. The molecule has 1 aliphatic rings. The molecule has 0 saturated carbocycles. The van der Waals surface area contributed by atoms with Crippen molar-refractivity contribution in [3.05, 3.63) is 47.7 Å². The number of esters is 1. The zero-order valence-electron chi connectivity index (χ0n) is 16.1. The predicted octanol–water partition coefficient (Wildman–Crippen LogP) is 0.488. The number of ether oxygens (including phenoxy) is 3. The number of allylic oxidation sites excluding steroid dienone is 2. The first-order chi connectivity index (χ1) is 13.8. The van der Waals surface area contributed by atoms with E-state index in [9.17, 15) is 30.3 Å². The molecule has 5 N–H and O–H groups in total. The van der Waals surface area contributed by atoms with E-state index in [1.54, 1.807) is 19.1 Å². The molecule has 0 amide bonds. The summed E-state index contributed by atoms with van der Waals surface area (Å²) in [6, 6.07) is 4.36. The fourth-order valence-electron chi connectivity index (χ4n) is 2.65. The van der Waals surface area contributed by atoms with Gasteiger partial charge in [-0.15, -0.1) is 0 Å². The van der Waals surface area contributed by atoms with E-state index in [0.29, 0.717) is 17.6 Å². The van der Waals surface area contributed by atoms with Crippen LogP contribution in [0.3, 0.4) is 0 Å². The van der Waals surface area contributed by atoms with Crippen LogP contribution in [0.4, 0.5) is 0 Å². The third-order valence-electron chi connectivity index (χ3n) is 4.52. The molecule has 0 aromatic heterocycles. The van der Waals surface area contributed by atoms with Crippen LogP contribution in [-0.4, -0.2) is 68.8 Å². The Morgan fingerprint density at radius 3 is 2.55 bits per heavy atom. The molecule has 160 valence electrons. The molecular formula is C20H26O9. The van der Waals surface area contributed by atoms with Crippen LogP contribution in [0.1, 0.15) is 19.4 Å². The average molecular weight is 410 g/mol. The summed E-state index contributed by atoms with van der Waals surface area (Å²) in [5, 5.41) is 48.8. The second-order valence-corrected chi connectivity index (χ2v) is 6.58. The Labute approximate surface area is 168 Å². The second kappa shape index (κ2) is 10.3. The Morgan fingerprint density at radius 2 is 1.93 bits per heavy atom. The quantitative estimate of drug-likeness (QED) is 0.188. The van der Waals surface area contributed by atoms with Gasteiger partial charge in [-0.1, -0.05) is 12.1 Å². The standard InChI is InChI=1S/C20H26O9/c1-3-11(2)19(26)29-18-16(24)15(10-21)28-20(17(18)25)27-8-4-5-12-6-7-13(22)14(23)9-12/h3-4,6-9,15-18,20-25H,5,10H2,1-2H3/t15-,16-,17-,18+,20-/m1/s1. The Kier molecular flexibility index (Phi) is 8.03. The second-order valence-electron chi connectivity index (χ2n) is 6.58. The van der Waals surface area contributed by atoms with E-state index in [4.69, 9.17) is 14.2 Å². The molecule has 0 spiro atoms. The number of phenols is 2. The van der Waals surface area contributed by atoms with Crippen molar-refractivity contribution in [1.82, 2.24) is 0 Å². The van der Waals surface area contributed by atoms with Gasteiger partial charge in [0.2, 0.25) is 6.29 Å². The molecule has 0 unspecified atom stereocenters. The first-order valence-corrected chi connectivity index (χ1v) is 9.06. The maximum absolute atomic E-state index is 12.0. The summed E-state index contributed by atoms with van der Waals surface area (Å²) >= 11 is 0. The van der Waals surface area contributed by atoms with Gasteiger partial charge in [-0.2, -0.15) is 0 Å². The molecule has 0 radical (unpaired) electrons. The van der Waals surface area contributed by atoms with Crippen LogP contribution in [0, 0.1) is 0 Å². The topological polar surface area (TPSA) is 146 Å². The van der Waals surface area contributed by atoms with Gasteiger partial charge in [0.25, 0.3) is 0 Å². The summed E-state index contributed by atoms with van der Waals surface area (Å²) in [6.45, 7) is 2.61. The molecule has 1 fully saturated rings. The Balaban J connectivity index is 2.02. The highest BCUT2D eigenvalue weighted by atomic mass is 16.7. The van der Waals surface area contributed by atoms with E-state index >= 15 is 0 Å². The van der Waals surface area contributed by atoms with Crippen molar-refractivity contribution in [2.75, 3.05) is 6.61 Å². The number of hydrogen-bond donors (Lipinski definition) is 5. The van der Waals surface area contributed by atoms with Crippen LogP contribution in [0.15, 0.2) is 42.2 Å². The first kappa shape index (κ1) is 22.7. The number of carbonyl (C=O) groups is 1. The normalized spacial score (nSPS) is 27.8. The van der Waals surface area contributed by atoms with Crippen molar-refractivity contribution in [3.8, 4) is 11.5 Å². The van der Waals surface area contributed by atoms with E-state index < -0.39 is 43.3 Å². The molecule has 1 aliphatic heterocycles. The number of phenolic OH excluding ortho intramolecular Hbond substituents is 2. The van der Waals surface area contributed by atoms with Crippen molar-refractivity contribution < 1.29 is 44.5 Å². The Morgan fingerprint density at radius 1 is 1.21 bits per heavy atom. The molecule has 9 nitrogen and oxygen atoms in total. The molecule has 0 bridgehead atoms. The lowest BCUT2D eigenvalue weighted by Crippen LogP contribution is -2.60. The summed E-state index contributed by atoms with van der Waals surface area (Å²) in [5.41, 5.74) is 0.994. The van der Waals surface area contributed by atoms with Gasteiger partial charge in [0, 0.05) is 5.57 Å². The van der Waals surface area contributed by atoms with Gasteiger partial charge in [-0.3, -0.25) is 0 Å². The minimum absolute atomic E-state index is 0.227. The van der Waals surface area contributed by atoms with Gasteiger partial charge in [0.1, 0.15) is 12.2 Å². The van der Waals surface area contributed by atoms with Crippen molar-refractivity contribution in [2.45, 2.75) is 51.0 Å². The first-order valence-electron chi connectivity index (χ1n) is 9.06. The number of aromatic hydroxyl groups is 2. The van der Waals surface area contributed by atoms with Gasteiger partial charge in [0.15, 0.2) is 23.7 Å². The minimum Gasteiger partial charge on any atom is -0.504 e. The number of aliphatic hydroxyl groups is 3. The highest BCUT2D eigenvalue weighted by molar-refractivity contribution is 5.87. The van der Waals surface area contributed by atoms with Crippen LogP contribution in [0.25, 0.3) is 0 Å². The smallest absolute Gasteiger partial charge is 0.333 e. The third kappa shape index (κ3) is 5.70. The zero-order chi connectivity index (χ0) is 21.6. The molecule has 1 aromatic rings. The van der Waals surface area contributed by atoms with Gasteiger partial charge >= 0.3 is 5.97 Å². The predicted molar refractivity (Wildman–Crippen MR) is 101 cm³/mol. The van der Waals surface area contributed by atoms with Crippen LogP contribution < -0.4 is 0 Å². The SMILES string of the molecule is CC=C(C)C(=O)O[C@@H]1[C@@H](O)[C@H](OC=CCc2ccc(O)c(O)c2)O[C@H](CO)[C@H]1O. The van der Waals surface area contributed by atoms with E-state index in [0.717, 1.165) is 0 Å². The van der Waals surface area contributed by atoms with E-state index in [-0.39, 0.29) is 11.5 Å². The van der Waals surface area contributed by atoms with Gasteiger partial charge < -0.3 is 39.7 Å². The highest BCUT2D eigenvalue weighted by Crippen LogP contribution is 2.26. The molecule has 9 heteroatoms. The van der Waals surface area contributed by atoms with Gasteiger partial charge in [-0.25, -0.2) is 4.79 Å².